The van der Waals surface area contributed by atoms with Crippen LogP contribution in [0.15, 0.2) is 24.3 Å². The Morgan fingerprint density at radius 3 is 2.44 bits per heavy atom. The number of ether oxygens (including phenoxy) is 1. The van der Waals surface area contributed by atoms with Gasteiger partial charge in [0.05, 0.1) is 11.3 Å². The maximum Gasteiger partial charge on any atom is 0.338 e. The quantitative estimate of drug-likeness (QED) is 0.716. The summed E-state index contributed by atoms with van der Waals surface area (Å²) in [5.74, 6) is -0.830. The molecule has 150 valence electrons. The van der Waals surface area contributed by atoms with Gasteiger partial charge in [0, 0.05) is 18.8 Å². The molecule has 0 spiro atoms. The van der Waals surface area contributed by atoms with Crippen molar-refractivity contribution in [3.63, 3.8) is 0 Å². The Balaban J connectivity index is 1.91. The van der Waals surface area contributed by atoms with Crippen molar-refractivity contribution in [2.75, 3.05) is 30.2 Å². The first-order chi connectivity index (χ1) is 12.9. The Bertz CT molecular complexity index is 740. The number of nitrogens with zero attached hydrogens (tertiary/aromatic N) is 1. The van der Waals surface area contributed by atoms with Gasteiger partial charge in [-0.3, -0.25) is 9.52 Å². The van der Waals surface area contributed by atoms with Crippen molar-refractivity contribution in [3.8, 4) is 0 Å². The van der Waals surface area contributed by atoms with E-state index >= 15 is 0 Å². The molecule has 1 aromatic rings. The Hall–Kier alpha value is -2.09. The highest BCUT2D eigenvalue weighted by atomic mass is 32.2. The van der Waals surface area contributed by atoms with Crippen LogP contribution in [-0.4, -0.2) is 50.6 Å². The van der Waals surface area contributed by atoms with Crippen LogP contribution in [0.2, 0.25) is 0 Å². The van der Waals surface area contributed by atoms with E-state index in [0.29, 0.717) is 25.2 Å². The molecular formula is C19H28N2O5S. The van der Waals surface area contributed by atoms with Gasteiger partial charge in [-0.15, -0.1) is 0 Å². The molecule has 8 heteroatoms. The van der Waals surface area contributed by atoms with Crippen molar-refractivity contribution in [1.82, 2.24) is 4.90 Å². The maximum atomic E-state index is 12.3. The Morgan fingerprint density at radius 2 is 1.78 bits per heavy atom. The van der Waals surface area contributed by atoms with Crippen LogP contribution in [0.3, 0.4) is 0 Å². The van der Waals surface area contributed by atoms with Gasteiger partial charge in [-0.2, -0.15) is 0 Å². The third-order valence-corrected chi connectivity index (χ3v) is 5.87. The van der Waals surface area contributed by atoms with E-state index in [4.69, 9.17) is 4.74 Å². The van der Waals surface area contributed by atoms with Crippen LogP contribution in [0.5, 0.6) is 0 Å². The molecular weight excluding hydrogens is 368 g/mol. The summed E-state index contributed by atoms with van der Waals surface area (Å²) in [5.41, 5.74) is 0.500. The van der Waals surface area contributed by atoms with Crippen LogP contribution in [0.25, 0.3) is 0 Å². The lowest BCUT2D eigenvalue weighted by Crippen LogP contribution is -2.36. The number of rotatable bonds is 7. The molecule has 1 aliphatic rings. The van der Waals surface area contributed by atoms with Gasteiger partial charge in [0.1, 0.15) is 0 Å². The van der Waals surface area contributed by atoms with E-state index in [9.17, 15) is 18.0 Å². The van der Waals surface area contributed by atoms with E-state index < -0.39 is 16.0 Å². The summed E-state index contributed by atoms with van der Waals surface area (Å²) in [7, 11) is -3.44. The fourth-order valence-electron chi connectivity index (χ4n) is 3.01. The summed E-state index contributed by atoms with van der Waals surface area (Å²) in [6.45, 7) is 2.87. The monoisotopic (exact) mass is 396 g/mol. The highest BCUT2D eigenvalue weighted by Gasteiger charge is 2.18. The van der Waals surface area contributed by atoms with E-state index in [1.54, 1.807) is 24.0 Å². The molecule has 1 fully saturated rings. The molecule has 0 aromatic heterocycles. The maximum absolute atomic E-state index is 12.3. The van der Waals surface area contributed by atoms with Gasteiger partial charge in [-0.1, -0.05) is 32.3 Å². The number of carbonyl (C=O) groups is 2. The van der Waals surface area contributed by atoms with Crippen molar-refractivity contribution in [2.45, 2.75) is 45.4 Å². The molecule has 0 bridgehead atoms. The Kier molecular flexibility index (Phi) is 8.09. The van der Waals surface area contributed by atoms with Gasteiger partial charge in [0.15, 0.2) is 6.61 Å². The minimum Gasteiger partial charge on any atom is -0.452 e. The molecule has 27 heavy (non-hydrogen) atoms. The minimum absolute atomic E-state index is 0.00596. The molecule has 2 rings (SSSR count). The second kappa shape index (κ2) is 10.3. The molecule has 1 amide bonds. The van der Waals surface area contributed by atoms with Gasteiger partial charge in [0.25, 0.3) is 5.91 Å². The number of benzene rings is 1. The average Bonchev–Trinajstić information content (AvgIpc) is 2.58. The number of hydrogen-bond acceptors (Lipinski definition) is 5. The zero-order valence-electron chi connectivity index (χ0n) is 15.8. The summed E-state index contributed by atoms with van der Waals surface area (Å²) in [4.78, 5) is 26.3. The smallest absolute Gasteiger partial charge is 0.338 e. The SMILES string of the molecule is CCCS(=O)(=O)Nc1cccc(C(=O)OCC(=O)N2CCCCCCC2)c1. The highest BCUT2D eigenvalue weighted by Crippen LogP contribution is 2.14. The van der Waals surface area contributed by atoms with E-state index in [0.717, 1.165) is 25.7 Å². The molecule has 0 saturated carbocycles. The first-order valence-electron chi connectivity index (χ1n) is 9.47. The molecule has 1 N–H and O–H groups in total. The number of hydrogen-bond donors (Lipinski definition) is 1. The second-order valence-corrected chi connectivity index (χ2v) is 8.57. The lowest BCUT2D eigenvalue weighted by molar-refractivity contribution is -0.134. The van der Waals surface area contributed by atoms with Crippen molar-refractivity contribution >= 4 is 27.6 Å². The summed E-state index contributed by atoms with van der Waals surface area (Å²) in [6, 6.07) is 6.08. The number of anilines is 1. The number of amides is 1. The first kappa shape index (κ1) is 21.2. The lowest BCUT2D eigenvalue weighted by atomic mass is 10.1. The minimum atomic E-state index is -3.44. The van der Waals surface area contributed by atoms with Crippen molar-refractivity contribution in [2.24, 2.45) is 0 Å². The van der Waals surface area contributed by atoms with Crippen LogP contribution >= 0.6 is 0 Å². The Labute approximate surface area is 161 Å². The van der Waals surface area contributed by atoms with Crippen molar-refractivity contribution in [3.05, 3.63) is 29.8 Å². The number of esters is 1. The predicted molar refractivity (Wildman–Crippen MR) is 104 cm³/mol. The number of likely N-dealkylation sites (tertiary alicyclic amines) is 1. The van der Waals surface area contributed by atoms with E-state index in [1.165, 1.54) is 18.6 Å². The van der Waals surface area contributed by atoms with Crippen LogP contribution in [0, 0.1) is 0 Å². The van der Waals surface area contributed by atoms with E-state index in [1.807, 2.05) is 0 Å². The lowest BCUT2D eigenvalue weighted by Gasteiger charge is -2.24. The summed E-state index contributed by atoms with van der Waals surface area (Å²) < 4.78 is 31.3. The summed E-state index contributed by atoms with van der Waals surface area (Å²) in [5, 5.41) is 0. The second-order valence-electron chi connectivity index (χ2n) is 6.73. The number of carbonyl (C=O) groups excluding carboxylic acids is 2. The average molecular weight is 397 g/mol. The Morgan fingerprint density at radius 1 is 1.11 bits per heavy atom. The molecule has 1 saturated heterocycles. The van der Waals surface area contributed by atoms with Gasteiger partial charge in [-0.25, -0.2) is 13.2 Å². The van der Waals surface area contributed by atoms with Gasteiger partial charge in [0.2, 0.25) is 10.0 Å². The van der Waals surface area contributed by atoms with Crippen molar-refractivity contribution < 1.29 is 22.7 Å². The zero-order valence-corrected chi connectivity index (χ0v) is 16.6. The molecule has 1 aliphatic heterocycles. The van der Waals surface area contributed by atoms with E-state index in [2.05, 4.69) is 4.72 Å². The van der Waals surface area contributed by atoms with Gasteiger partial charge < -0.3 is 9.64 Å². The molecule has 7 nitrogen and oxygen atoms in total. The zero-order chi connectivity index (χ0) is 19.7. The topological polar surface area (TPSA) is 92.8 Å². The molecule has 0 atom stereocenters. The molecule has 0 aliphatic carbocycles. The highest BCUT2D eigenvalue weighted by molar-refractivity contribution is 7.92. The fourth-order valence-corrected chi connectivity index (χ4v) is 4.13. The summed E-state index contributed by atoms with van der Waals surface area (Å²) in [6.07, 6.45) is 5.87. The molecule has 1 heterocycles. The third kappa shape index (κ3) is 7.21. The van der Waals surface area contributed by atoms with Crippen molar-refractivity contribution in [1.29, 1.82) is 0 Å². The third-order valence-electron chi connectivity index (χ3n) is 4.38. The number of sulfonamides is 1. The largest absolute Gasteiger partial charge is 0.452 e. The van der Waals surface area contributed by atoms with E-state index in [-0.39, 0.29) is 23.8 Å². The predicted octanol–water partition coefficient (Wildman–Crippen LogP) is 2.79. The van der Waals surface area contributed by atoms with Crippen LogP contribution in [0.1, 0.15) is 55.8 Å². The van der Waals surface area contributed by atoms with Crippen LogP contribution in [-0.2, 0) is 19.6 Å². The number of nitrogens with one attached hydrogen (secondary N) is 1. The van der Waals surface area contributed by atoms with Crippen LogP contribution in [0.4, 0.5) is 5.69 Å². The molecule has 0 unspecified atom stereocenters. The fraction of sp³-hybridized carbons (Fsp3) is 0.579. The van der Waals surface area contributed by atoms with Gasteiger partial charge in [-0.05, 0) is 37.5 Å². The molecule has 0 radical (unpaired) electrons. The summed E-state index contributed by atoms with van der Waals surface area (Å²) >= 11 is 0. The first-order valence-corrected chi connectivity index (χ1v) is 11.1. The van der Waals surface area contributed by atoms with Crippen LogP contribution < -0.4 is 4.72 Å². The van der Waals surface area contributed by atoms with Gasteiger partial charge >= 0.3 is 5.97 Å². The normalized spacial score (nSPS) is 15.5. The standard InChI is InChI=1S/C19H28N2O5S/c1-2-13-27(24,25)20-17-10-8-9-16(14-17)19(23)26-15-18(22)21-11-6-4-3-5-7-12-21/h8-10,14,20H,2-7,11-13,15H2,1H3. The molecule has 1 aromatic carbocycles.